The van der Waals surface area contributed by atoms with Crippen molar-refractivity contribution in [2.24, 2.45) is 5.41 Å². The third kappa shape index (κ3) is 4.72. The molecule has 0 aromatic carbocycles. The molecule has 6 nitrogen and oxygen atoms in total. The molecule has 0 aromatic rings. The number of carbonyl (C=O) groups is 3. The summed E-state index contributed by atoms with van der Waals surface area (Å²) in [7, 11) is 0. The van der Waals surface area contributed by atoms with Crippen LogP contribution >= 0.6 is 0 Å². The van der Waals surface area contributed by atoms with Gasteiger partial charge in [0.15, 0.2) is 0 Å². The van der Waals surface area contributed by atoms with Crippen LogP contribution in [0.25, 0.3) is 0 Å². The van der Waals surface area contributed by atoms with Crippen molar-refractivity contribution in [2.45, 2.75) is 63.8 Å². The number of aliphatic carboxylic acids is 1. The Kier molecular flexibility index (Phi) is 5.20. The summed E-state index contributed by atoms with van der Waals surface area (Å²) in [5, 5.41) is 14.7. The zero-order valence-corrected chi connectivity index (χ0v) is 12.3. The van der Waals surface area contributed by atoms with E-state index in [1.54, 1.807) is 0 Å². The lowest BCUT2D eigenvalue weighted by Gasteiger charge is -2.35. The van der Waals surface area contributed by atoms with Gasteiger partial charge in [0.2, 0.25) is 11.8 Å². The predicted octanol–water partition coefficient (Wildman–Crippen LogP) is 1.20. The summed E-state index contributed by atoms with van der Waals surface area (Å²) in [6, 6.07) is 0.0169. The van der Waals surface area contributed by atoms with Crippen molar-refractivity contribution < 1.29 is 19.5 Å². The SMILES string of the molecule is O=C(O)CC1(CC(=O)NCC2CCC(=O)N2)CCCCC1. The molecule has 1 aliphatic heterocycles. The summed E-state index contributed by atoms with van der Waals surface area (Å²) in [6.07, 6.45) is 6.36. The van der Waals surface area contributed by atoms with Crippen LogP contribution in [0.15, 0.2) is 0 Å². The van der Waals surface area contributed by atoms with Gasteiger partial charge in [0, 0.05) is 25.4 Å². The van der Waals surface area contributed by atoms with Gasteiger partial charge in [-0.25, -0.2) is 0 Å². The van der Waals surface area contributed by atoms with Crippen molar-refractivity contribution in [2.75, 3.05) is 6.54 Å². The molecule has 0 spiro atoms. The van der Waals surface area contributed by atoms with Crippen LogP contribution in [0.3, 0.4) is 0 Å². The fraction of sp³-hybridized carbons (Fsp3) is 0.800. The number of nitrogens with one attached hydrogen (secondary N) is 2. The number of amides is 2. The minimum Gasteiger partial charge on any atom is -0.481 e. The normalized spacial score (nSPS) is 24.4. The van der Waals surface area contributed by atoms with Gasteiger partial charge in [-0.05, 0) is 24.7 Å². The van der Waals surface area contributed by atoms with Crippen LogP contribution in [0, 0.1) is 5.41 Å². The summed E-state index contributed by atoms with van der Waals surface area (Å²) >= 11 is 0. The number of carboxylic acids is 1. The Morgan fingerprint density at radius 2 is 1.95 bits per heavy atom. The van der Waals surface area contributed by atoms with Crippen LogP contribution in [0.5, 0.6) is 0 Å². The van der Waals surface area contributed by atoms with Crippen molar-refractivity contribution in [3.05, 3.63) is 0 Å². The van der Waals surface area contributed by atoms with E-state index < -0.39 is 5.97 Å². The fourth-order valence-corrected chi connectivity index (χ4v) is 3.51. The average molecular weight is 296 g/mol. The molecule has 6 heteroatoms. The molecule has 2 rings (SSSR count). The Morgan fingerprint density at radius 1 is 1.24 bits per heavy atom. The Balaban J connectivity index is 1.82. The topological polar surface area (TPSA) is 95.5 Å². The van der Waals surface area contributed by atoms with Crippen molar-refractivity contribution in [3.8, 4) is 0 Å². The summed E-state index contributed by atoms with van der Waals surface area (Å²) in [6.45, 7) is 0.438. The molecule has 1 heterocycles. The molecule has 1 aliphatic carbocycles. The molecular formula is C15H24N2O4. The van der Waals surface area contributed by atoms with Crippen LogP contribution in [-0.4, -0.2) is 35.5 Å². The minimum absolute atomic E-state index is 0.0169. The first-order valence-electron chi connectivity index (χ1n) is 7.77. The number of hydrogen-bond donors (Lipinski definition) is 3. The number of carboxylic acid groups (broad SMARTS) is 1. The molecule has 1 saturated carbocycles. The highest BCUT2D eigenvalue weighted by Crippen LogP contribution is 2.42. The molecule has 2 amide bonds. The van der Waals surface area contributed by atoms with Crippen molar-refractivity contribution in [1.82, 2.24) is 10.6 Å². The van der Waals surface area contributed by atoms with E-state index >= 15 is 0 Å². The molecule has 0 aromatic heterocycles. The quantitative estimate of drug-likeness (QED) is 0.686. The van der Waals surface area contributed by atoms with Crippen molar-refractivity contribution >= 4 is 17.8 Å². The van der Waals surface area contributed by atoms with Gasteiger partial charge in [0.05, 0.1) is 6.42 Å². The molecule has 1 saturated heterocycles. The molecule has 2 aliphatic rings. The highest BCUT2D eigenvalue weighted by atomic mass is 16.4. The second-order valence-corrected chi connectivity index (χ2v) is 6.42. The predicted molar refractivity (Wildman–Crippen MR) is 76.6 cm³/mol. The number of carbonyl (C=O) groups excluding carboxylic acids is 2. The summed E-state index contributed by atoms with van der Waals surface area (Å²) in [5.41, 5.74) is -0.382. The first kappa shape index (κ1) is 15.8. The maximum atomic E-state index is 12.1. The average Bonchev–Trinajstić information content (AvgIpc) is 2.82. The van der Waals surface area contributed by atoms with E-state index in [4.69, 9.17) is 5.11 Å². The summed E-state index contributed by atoms with van der Waals surface area (Å²) < 4.78 is 0. The molecule has 3 N–H and O–H groups in total. The van der Waals surface area contributed by atoms with Crippen LogP contribution in [0.4, 0.5) is 0 Å². The van der Waals surface area contributed by atoms with Gasteiger partial charge in [-0.2, -0.15) is 0 Å². The van der Waals surface area contributed by atoms with Crippen LogP contribution < -0.4 is 10.6 Å². The molecule has 0 bridgehead atoms. The van der Waals surface area contributed by atoms with Gasteiger partial charge in [-0.3, -0.25) is 14.4 Å². The Morgan fingerprint density at radius 3 is 2.52 bits per heavy atom. The molecule has 1 unspecified atom stereocenters. The third-order valence-corrected chi connectivity index (χ3v) is 4.61. The van der Waals surface area contributed by atoms with E-state index in [0.29, 0.717) is 13.0 Å². The second-order valence-electron chi connectivity index (χ2n) is 6.42. The molecule has 0 radical (unpaired) electrons. The van der Waals surface area contributed by atoms with E-state index in [2.05, 4.69) is 10.6 Å². The van der Waals surface area contributed by atoms with Gasteiger partial charge in [-0.1, -0.05) is 19.3 Å². The zero-order chi connectivity index (χ0) is 15.3. The monoisotopic (exact) mass is 296 g/mol. The van der Waals surface area contributed by atoms with Gasteiger partial charge in [0.1, 0.15) is 0 Å². The molecule has 2 fully saturated rings. The zero-order valence-electron chi connectivity index (χ0n) is 12.3. The summed E-state index contributed by atoms with van der Waals surface area (Å²) in [4.78, 5) is 34.3. The largest absolute Gasteiger partial charge is 0.481 e. The summed E-state index contributed by atoms with van der Waals surface area (Å²) in [5.74, 6) is -0.893. The molecule has 1 atom stereocenters. The van der Waals surface area contributed by atoms with Gasteiger partial charge in [-0.15, -0.1) is 0 Å². The first-order valence-corrected chi connectivity index (χ1v) is 7.77. The lowest BCUT2D eigenvalue weighted by atomic mass is 9.69. The van der Waals surface area contributed by atoms with E-state index in [9.17, 15) is 14.4 Å². The number of hydrogen-bond acceptors (Lipinski definition) is 3. The van der Waals surface area contributed by atoms with Crippen LogP contribution in [-0.2, 0) is 14.4 Å². The van der Waals surface area contributed by atoms with E-state index in [0.717, 1.165) is 38.5 Å². The first-order chi connectivity index (χ1) is 9.99. The highest BCUT2D eigenvalue weighted by Gasteiger charge is 2.36. The smallest absolute Gasteiger partial charge is 0.303 e. The van der Waals surface area contributed by atoms with Crippen LogP contribution in [0.2, 0.25) is 0 Å². The second kappa shape index (κ2) is 6.91. The number of rotatable bonds is 6. The van der Waals surface area contributed by atoms with Gasteiger partial charge >= 0.3 is 5.97 Å². The highest BCUT2D eigenvalue weighted by molar-refractivity contribution is 5.80. The maximum absolute atomic E-state index is 12.1. The minimum atomic E-state index is -0.826. The Labute approximate surface area is 124 Å². The maximum Gasteiger partial charge on any atom is 0.303 e. The molecule has 118 valence electrons. The van der Waals surface area contributed by atoms with Crippen molar-refractivity contribution in [3.63, 3.8) is 0 Å². The van der Waals surface area contributed by atoms with E-state index in [1.807, 2.05) is 0 Å². The standard InChI is InChI=1S/C15H24N2O4/c18-12-5-4-11(17-12)10-16-13(19)8-15(9-14(20)21)6-2-1-3-7-15/h11H,1-10H2,(H,16,19)(H,17,18)(H,20,21). The van der Waals surface area contributed by atoms with E-state index in [1.165, 1.54) is 0 Å². The van der Waals surface area contributed by atoms with Gasteiger partial charge in [0.25, 0.3) is 0 Å². The fourth-order valence-electron chi connectivity index (χ4n) is 3.51. The van der Waals surface area contributed by atoms with E-state index in [-0.39, 0.29) is 36.1 Å². The Hall–Kier alpha value is -1.59. The molecule has 21 heavy (non-hydrogen) atoms. The lowest BCUT2D eigenvalue weighted by Crippen LogP contribution is -2.41. The Bertz CT molecular complexity index is 416. The third-order valence-electron chi connectivity index (χ3n) is 4.61. The van der Waals surface area contributed by atoms with Crippen molar-refractivity contribution in [1.29, 1.82) is 0 Å². The molecular weight excluding hydrogens is 272 g/mol. The van der Waals surface area contributed by atoms with Crippen LogP contribution in [0.1, 0.15) is 57.8 Å². The van der Waals surface area contributed by atoms with Gasteiger partial charge < -0.3 is 15.7 Å². The lowest BCUT2D eigenvalue weighted by molar-refractivity contribution is -0.141.